The summed E-state index contributed by atoms with van der Waals surface area (Å²) in [6.45, 7) is 1.58. The molecular formula is C10H8FNO2. The van der Waals surface area contributed by atoms with Gasteiger partial charge in [0, 0.05) is 0 Å². The van der Waals surface area contributed by atoms with Crippen molar-refractivity contribution in [3.8, 4) is 6.07 Å². The van der Waals surface area contributed by atoms with Gasteiger partial charge < -0.3 is 5.11 Å². The number of rotatable bonds is 2. The van der Waals surface area contributed by atoms with E-state index >= 15 is 0 Å². The molecule has 0 saturated heterocycles. The number of halogens is 1. The van der Waals surface area contributed by atoms with Crippen molar-refractivity contribution in [1.29, 1.82) is 5.26 Å². The van der Waals surface area contributed by atoms with Crippen LogP contribution in [0.5, 0.6) is 0 Å². The van der Waals surface area contributed by atoms with E-state index in [1.165, 1.54) is 6.07 Å². The summed E-state index contributed by atoms with van der Waals surface area (Å²) in [5, 5.41) is 17.3. The summed E-state index contributed by atoms with van der Waals surface area (Å²) in [7, 11) is 0. The highest BCUT2D eigenvalue weighted by Gasteiger charge is 2.10. The van der Waals surface area contributed by atoms with Crippen LogP contribution >= 0.6 is 0 Å². The summed E-state index contributed by atoms with van der Waals surface area (Å²) in [6, 6.07) is 4.16. The second-order valence-electron chi connectivity index (χ2n) is 2.94. The van der Waals surface area contributed by atoms with Gasteiger partial charge in [-0.1, -0.05) is 0 Å². The summed E-state index contributed by atoms with van der Waals surface area (Å²) < 4.78 is 12.9. The van der Waals surface area contributed by atoms with Gasteiger partial charge in [-0.15, -0.1) is 0 Å². The van der Waals surface area contributed by atoms with Gasteiger partial charge in [-0.25, -0.2) is 4.39 Å². The highest BCUT2D eigenvalue weighted by Crippen LogP contribution is 2.16. The number of benzene rings is 1. The van der Waals surface area contributed by atoms with Crippen LogP contribution in [0.3, 0.4) is 0 Å². The highest BCUT2D eigenvalue weighted by molar-refractivity contribution is 5.71. The lowest BCUT2D eigenvalue weighted by Gasteiger charge is -2.04. The largest absolute Gasteiger partial charge is 0.481 e. The molecule has 0 unspecified atom stereocenters. The van der Waals surface area contributed by atoms with Crippen molar-refractivity contribution < 1.29 is 14.3 Å². The SMILES string of the molecule is Cc1cc(F)cc(CC(=O)O)c1C#N. The Morgan fingerprint density at radius 2 is 2.29 bits per heavy atom. The van der Waals surface area contributed by atoms with Gasteiger partial charge in [-0.05, 0) is 30.2 Å². The Balaban J connectivity index is 3.26. The van der Waals surface area contributed by atoms with Crippen LogP contribution in [0, 0.1) is 24.1 Å². The van der Waals surface area contributed by atoms with Crippen molar-refractivity contribution >= 4 is 5.97 Å². The Kier molecular flexibility index (Phi) is 2.82. The monoisotopic (exact) mass is 193 g/mol. The molecule has 0 aliphatic carbocycles. The molecule has 0 fully saturated rings. The van der Waals surface area contributed by atoms with Crippen molar-refractivity contribution in [3.63, 3.8) is 0 Å². The maximum absolute atomic E-state index is 12.9. The fourth-order valence-corrected chi connectivity index (χ4v) is 1.27. The molecule has 4 heteroatoms. The zero-order chi connectivity index (χ0) is 10.7. The predicted octanol–water partition coefficient (Wildman–Crippen LogP) is 1.63. The first-order valence-corrected chi connectivity index (χ1v) is 3.95. The molecule has 3 nitrogen and oxygen atoms in total. The van der Waals surface area contributed by atoms with E-state index in [-0.39, 0.29) is 17.5 Å². The molecule has 0 aromatic heterocycles. The molecule has 1 aromatic carbocycles. The number of carbonyl (C=O) groups is 1. The van der Waals surface area contributed by atoms with E-state index in [1.54, 1.807) is 6.92 Å². The van der Waals surface area contributed by atoms with E-state index in [0.717, 1.165) is 6.07 Å². The fourth-order valence-electron chi connectivity index (χ4n) is 1.27. The maximum atomic E-state index is 12.9. The maximum Gasteiger partial charge on any atom is 0.307 e. The van der Waals surface area contributed by atoms with E-state index in [1.807, 2.05) is 6.07 Å². The quantitative estimate of drug-likeness (QED) is 0.776. The van der Waals surface area contributed by atoms with Crippen LogP contribution in [0.25, 0.3) is 0 Å². The molecular weight excluding hydrogens is 185 g/mol. The summed E-state index contributed by atoms with van der Waals surface area (Å²) >= 11 is 0. The molecule has 0 radical (unpaired) electrons. The van der Waals surface area contributed by atoms with Gasteiger partial charge in [0.25, 0.3) is 0 Å². The van der Waals surface area contributed by atoms with Crippen LogP contribution < -0.4 is 0 Å². The molecule has 0 amide bonds. The molecule has 72 valence electrons. The van der Waals surface area contributed by atoms with E-state index in [9.17, 15) is 9.18 Å². The summed E-state index contributed by atoms with van der Waals surface area (Å²) in [5.74, 6) is -1.59. The zero-order valence-electron chi connectivity index (χ0n) is 7.54. The van der Waals surface area contributed by atoms with Gasteiger partial charge >= 0.3 is 5.97 Å². The molecule has 0 bridgehead atoms. The number of nitrogens with zero attached hydrogens (tertiary/aromatic N) is 1. The molecule has 0 saturated carbocycles. The highest BCUT2D eigenvalue weighted by atomic mass is 19.1. The number of carboxylic acids is 1. The lowest BCUT2D eigenvalue weighted by atomic mass is 10.0. The van der Waals surface area contributed by atoms with Crippen molar-refractivity contribution in [2.24, 2.45) is 0 Å². The van der Waals surface area contributed by atoms with Gasteiger partial charge in [-0.3, -0.25) is 4.79 Å². The van der Waals surface area contributed by atoms with E-state index in [2.05, 4.69) is 0 Å². The Morgan fingerprint density at radius 3 is 2.79 bits per heavy atom. The molecule has 0 aliphatic rings. The number of hydrogen-bond donors (Lipinski definition) is 1. The number of nitriles is 1. The summed E-state index contributed by atoms with van der Waals surface area (Å²) in [6.07, 6.45) is -0.332. The predicted molar refractivity (Wildman–Crippen MR) is 47.2 cm³/mol. The number of carboxylic acid groups (broad SMARTS) is 1. The van der Waals surface area contributed by atoms with Crippen LogP contribution in [0.1, 0.15) is 16.7 Å². The molecule has 1 aromatic rings. The van der Waals surface area contributed by atoms with Crippen LogP contribution in [-0.4, -0.2) is 11.1 Å². The van der Waals surface area contributed by atoms with Crippen molar-refractivity contribution in [2.45, 2.75) is 13.3 Å². The topological polar surface area (TPSA) is 61.1 Å². The van der Waals surface area contributed by atoms with Gasteiger partial charge in [0.05, 0.1) is 18.1 Å². The Bertz CT molecular complexity index is 421. The average molecular weight is 193 g/mol. The molecule has 0 spiro atoms. The summed E-state index contributed by atoms with van der Waals surface area (Å²) in [4.78, 5) is 10.4. The molecule has 1 N–H and O–H groups in total. The molecule has 0 heterocycles. The first-order chi connectivity index (χ1) is 6.54. The number of hydrogen-bond acceptors (Lipinski definition) is 2. The van der Waals surface area contributed by atoms with Crippen LogP contribution in [-0.2, 0) is 11.2 Å². The summed E-state index contributed by atoms with van der Waals surface area (Å²) in [5.41, 5.74) is 0.926. The molecule has 1 rings (SSSR count). The molecule has 14 heavy (non-hydrogen) atoms. The first kappa shape index (κ1) is 10.2. The van der Waals surface area contributed by atoms with Gasteiger partial charge in [0.15, 0.2) is 0 Å². The lowest BCUT2D eigenvalue weighted by Crippen LogP contribution is -2.04. The molecule has 0 aliphatic heterocycles. The van der Waals surface area contributed by atoms with E-state index < -0.39 is 11.8 Å². The molecule has 0 atom stereocenters. The van der Waals surface area contributed by atoms with Crippen LogP contribution in [0.15, 0.2) is 12.1 Å². The third-order valence-electron chi connectivity index (χ3n) is 1.84. The standard InChI is InChI=1S/C10H8FNO2/c1-6-2-8(11)3-7(4-10(13)14)9(6)5-12/h2-3H,4H2,1H3,(H,13,14). The fraction of sp³-hybridized carbons (Fsp3) is 0.200. The van der Waals surface area contributed by atoms with Crippen molar-refractivity contribution in [3.05, 3.63) is 34.6 Å². The Hall–Kier alpha value is -1.89. The minimum atomic E-state index is -1.08. The third-order valence-corrected chi connectivity index (χ3v) is 1.84. The van der Waals surface area contributed by atoms with Crippen molar-refractivity contribution in [1.82, 2.24) is 0 Å². The second kappa shape index (κ2) is 3.88. The number of aryl methyl sites for hydroxylation is 1. The Labute approximate surface area is 80.4 Å². The Morgan fingerprint density at radius 1 is 1.64 bits per heavy atom. The normalized spacial score (nSPS) is 9.50. The first-order valence-electron chi connectivity index (χ1n) is 3.95. The van der Waals surface area contributed by atoms with Gasteiger partial charge in [0.1, 0.15) is 5.82 Å². The average Bonchev–Trinajstić information content (AvgIpc) is 2.01. The van der Waals surface area contributed by atoms with Crippen molar-refractivity contribution in [2.75, 3.05) is 0 Å². The van der Waals surface area contributed by atoms with Gasteiger partial charge in [0.2, 0.25) is 0 Å². The van der Waals surface area contributed by atoms with E-state index in [0.29, 0.717) is 5.56 Å². The smallest absolute Gasteiger partial charge is 0.307 e. The second-order valence-corrected chi connectivity index (χ2v) is 2.94. The minimum Gasteiger partial charge on any atom is -0.481 e. The van der Waals surface area contributed by atoms with Gasteiger partial charge in [-0.2, -0.15) is 5.26 Å². The lowest BCUT2D eigenvalue weighted by molar-refractivity contribution is -0.136. The number of aliphatic carboxylic acids is 1. The zero-order valence-corrected chi connectivity index (χ0v) is 7.54. The van der Waals surface area contributed by atoms with Crippen LogP contribution in [0.4, 0.5) is 4.39 Å². The van der Waals surface area contributed by atoms with E-state index in [4.69, 9.17) is 10.4 Å². The minimum absolute atomic E-state index is 0.220. The van der Waals surface area contributed by atoms with Crippen LogP contribution in [0.2, 0.25) is 0 Å². The third kappa shape index (κ3) is 2.07.